The molecule has 0 bridgehead atoms. The van der Waals surface area contributed by atoms with E-state index in [0.717, 1.165) is 5.39 Å². The Kier molecular flexibility index (Phi) is 4.65. The molecule has 0 fully saturated rings. The van der Waals surface area contributed by atoms with Gasteiger partial charge in [0, 0.05) is 18.0 Å². The molecule has 130 valence electrons. The van der Waals surface area contributed by atoms with E-state index >= 15 is 0 Å². The summed E-state index contributed by atoms with van der Waals surface area (Å²) in [5, 5.41) is 12.6. The minimum Gasteiger partial charge on any atom is -0.309 e. The third-order valence-corrected chi connectivity index (χ3v) is 3.87. The van der Waals surface area contributed by atoms with Crippen molar-refractivity contribution in [2.45, 2.75) is 33.9 Å². The van der Waals surface area contributed by atoms with Crippen molar-refractivity contribution in [1.82, 2.24) is 19.6 Å². The summed E-state index contributed by atoms with van der Waals surface area (Å²) in [6, 6.07) is 9.01. The second-order valence-electron chi connectivity index (χ2n) is 6.43. The molecule has 0 spiro atoms. The van der Waals surface area contributed by atoms with Crippen LogP contribution in [0, 0.1) is 12.8 Å². The van der Waals surface area contributed by atoms with Gasteiger partial charge in [0.05, 0.1) is 17.3 Å². The first-order valence-corrected chi connectivity index (χ1v) is 8.24. The van der Waals surface area contributed by atoms with Gasteiger partial charge in [0.25, 0.3) is 5.56 Å². The summed E-state index contributed by atoms with van der Waals surface area (Å²) in [6.45, 7) is 6.55. The van der Waals surface area contributed by atoms with Crippen molar-refractivity contribution < 1.29 is 4.79 Å². The Balaban J connectivity index is 1.82. The van der Waals surface area contributed by atoms with Crippen molar-refractivity contribution in [3.8, 4) is 0 Å². The monoisotopic (exact) mass is 339 g/mol. The van der Waals surface area contributed by atoms with Gasteiger partial charge >= 0.3 is 0 Å². The van der Waals surface area contributed by atoms with Gasteiger partial charge in [-0.15, -0.1) is 0 Å². The van der Waals surface area contributed by atoms with Gasteiger partial charge in [0.1, 0.15) is 12.4 Å². The van der Waals surface area contributed by atoms with Gasteiger partial charge in [-0.05, 0) is 18.9 Å². The second kappa shape index (κ2) is 6.88. The summed E-state index contributed by atoms with van der Waals surface area (Å²) in [6.07, 6.45) is 1.64. The first-order chi connectivity index (χ1) is 12.0. The maximum Gasteiger partial charge on any atom is 0.275 e. The molecule has 7 heteroatoms. The third kappa shape index (κ3) is 3.60. The SMILES string of the molecule is Cc1nn(CC(=O)Nc2ccnn2CC(C)C)c(=O)c2ccccc12. The van der Waals surface area contributed by atoms with E-state index in [4.69, 9.17) is 0 Å². The number of amides is 1. The first-order valence-electron chi connectivity index (χ1n) is 8.24. The Morgan fingerprint density at radius 2 is 1.88 bits per heavy atom. The first kappa shape index (κ1) is 16.9. The minimum absolute atomic E-state index is 0.142. The van der Waals surface area contributed by atoms with Crippen molar-refractivity contribution in [3.63, 3.8) is 0 Å². The molecule has 0 saturated carbocycles. The van der Waals surface area contributed by atoms with E-state index < -0.39 is 0 Å². The molecule has 1 N–H and O–H groups in total. The average Bonchev–Trinajstić information content (AvgIpc) is 2.98. The molecule has 1 amide bonds. The summed E-state index contributed by atoms with van der Waals surface area (Å²) in [7, 11) is 0. The lowest BCUT2D eigenvalue weighted by atomic mass is 10.1. The fraction of sp³-hybridized carbons (Fsp3) is 0.333. The predicted octanol–water partition coefficient (Wildman–Crippen LogP) is 2.20. The van der Waals surface area contributed by atoms with Gasteiger partial charge in [-0.2, -0.15) is 10.2 Å². The molecule has 0 unspecified atom stereocenters. The molecule has 7 nitrogen and oxygen atoms in total. The van der Waals surface area contributed by atoms with Crippen LogP contribution in [0.3, 0.4) is 0 Å². The number of hydrogen-bond donors (Lipinski definition) is 1. The number of fused-ring (bicyclic) bond motifs is 1. The van der Waals surface area contributed by atoms with Crippen molar-refractivity contribution in [3.05, 3.63) is 52.6 Å². The lowest BCUT2D eigenvalue weighted by molar-refractivity contribution is -0.117. The molecule has 0 saturated heterocycles. The zero-order valence-electron chi connectivity index (χ0n) is 14.6. The van der Waals surface area contributed by atoms with Crippen molar-refractivity contribution in [2.24, 2.45) is 5.92 Å². The van der Waals surface area contributed by atoms with Crippen LogP contribution < -0.4 is 10.9 Å². The van der Waals surface area contributed by atoms with Gasteiger partial charge in [0.2, 0.25) is 5.91 Å². The Hall–Kier alpha value is -2.96. The molecule has 0 aliphatic heterocycles. The van der Waals surface area contributed by atoms with Crippen LogP contribution in [0.15, 0.2) is 41.3 Å². The molecule has 0 atom stereocenters. The van der Waals surface area contributed by atoms with Gasteiger partial charge in [-0.3, -0.25) is 9.59 Å². The van der Waals surface area contributed by atoms with Crippen LogP contribution in [-0.2, 0) is 17.9 Å². The number of benzene rings is 1. The Labute approximate surface area is 145 Å². The maximum atomic E-state index is 12.5. The lowest BCUT2D eigenvalue weighted by Crippen LogP contribution is -2.31. The van der Waals surface area contributed by atoms with E-state index in [1.807, 2.05) is 19.1 Å². The zero-order valence-corrected chi connectivity index (χ0v) is 14.6. The van der Waals surface area contributed by atoms with E-state index in [9.17, 15) is 9.59 Å². The molecule has 25 heavy (non-hydrogen) atoms. The topological polar surface area (TPSA) is 81.8 Å². The molecule has 0 aliphatic rings. The summed E-state index contributed by atoms with van der Waals surface area (Å²) < 4.78 is 2.95. The van der Waals surface area contributed by atoms with Gasteiger partial charge in [0.15, 0.2) is 0 Å². The Morgan fingerprint density at radius 3 is 2.60 bits per heavy atom. The van der Waals surface area contributed by atoms with Gasteiger partial charge < -0.3 is 5.32 Å². The number of aryl methyl sites for hydroxylation is 1. The van der Waals surface area contributed by atoms with Crippen LogP contribution in [0.4, 0.5) is 5.82 Å². The van der Waals surface area contributed by atoms with Crippen molar-refractivity contribution in [1.29, 1.82) is 0 Å². The van der Waals surface area contributed by atoms with Crippen LogP contribution in [0.25, 0.3) is 10.8 Å². The number of nitrogens with zero attached hydrogens (tertiary/aromatic N) is 4. The highest BCUT2D eigenvalue weighted by Gasteiger charge is 2.13. The van der Waals surface area contributed by atoms with Crippen LogP contribution >= 0.6 is 0 Å². The van der Waals surface area contributed by atoms with Crippen molar-refractivity contribution >= 4 is 22.5 Å². The van der Waals surface area contributed by atoms with Gasteiger partial charge in [-0.1, -0.05) is 32.0 Å². The maximum absolute atomic E-state index is 12.5. The fourth-order valence-electron chi connectivity index (χ4n) is 2.76. The Morgan fingerprint density at radius 1 is 1.16 bits per heavy atom. The molecule has 0 radical (unpaired) electrons. The molecule has 2 heterocycles. The summed E-state index contributed by atoms with van der Waals surface area (Å²) >= 11 is 0. The molecule has 3 rings (SSSR count). The molecular formula is C18H21N5O2. The van der Waals surface area contributed by atoms with Crippen LogP contribution in [0.1, 0.15) is 19.5 Å². The highest BCUT2D eigenvalue weighted by Crippen LogP contribution is 2.12. The van der Waals surface area contributed by atoms with E-state index in [1.54, 1.807) is 29.1 Å². The molecule has 2 aromatic heterocycles. The van der Waals surface area contributed by atoms with Crippen molar-refractivity contribution in [2.75, 3.05) is 5.32 Å². The van der Waals surface area contributed by atoms with Crippen LogP contribution in [-0.4, -0.2) is 25.5 Å². The number of aromatic nitrogens is 4. The van der Waals surface area contributed by atoms with E-state index in [2.05, 4.69) is 29.4 Å². The quantitative estimate of drug-likeness (QED) is 0.772. The average molecular weight is 339 g/mol. The largest absolute Gasteiger partial charge is 0.309 e. The number of carbonyl (C=O) groups is 1. The summed E-state index contributed by atoms with van der Waals surface area (Å²) in [4.78, 5) is 24.9. The summed E-state index contributed by atoms with van der Waals surface area (Å²) in [5.74, 6) is 0.710. The Bertz CT molecular complexity index is 971. The third-order valence-electron chi connectivity index (χ3n) is 3.87. The molecule has 3 aromatic rings. The molecule has 0 aliphatic carbocycles. The standard InChI is InChI=1S/C18H21N5O2/c1-12(2)10-22-16(8-9-19-22)20-17(24)11-23-18(25)15-7-5-4-6-14(15)13(3)21-23/h4-9,12H,10-11H2,1-3H3,(H,20,24). The fourth-order valence-corrected chi connectivity index (χ4v) is 2.76. The minimum atomic E-state index is -0.310. The normalized spacial score (nSPS) is 11.2. The molecule has 1 aromatic carbocycles. The number of hydrogen-bond acceptors (Lipinski definition) is 4. The molecular weight excluding hydrogens is 318 g/mol. The number of nitrogens with one attached hydrogen (secondary N) is 1. The highest BCUT2D eigenvalue weighted by atomic mass is 16.2. The number of carbonyl (C=O) groups excluding carboxylic acids is 1. The number of anilines is 1. The number of rotatable bonds is 5. The van der Waals surface area contributed by atoms with E-state index in [1.165, 1.54) is 4.68 Å². The lowest BCUT2D eigenvalue weighted by Gasteiger charge is -2.12. The predicted molar refractivity (Wildman–Crippen MR) is 96.4 cm³/mol. The second-order valence-corrected chi connectivity index (χ2v) is 6.43. The van der Waals surface area contributed by atoms with Crippen LogP contribution in [0.5, 0.6) is 0 Å². The highest BCUT2D eigenvalue weighted by molar-refractivity contribution is 5.90. The van der Waals surface area contributed by atoms with Crippen LogP contribution in [0.2, 0.25) is 0 Å². The van der Waals surface area contributed by atoms with E-state index in [-0.39, 0.29) is 18.0 Å². The van der Waals surface area contributed by atoms with E-state index in [0.29, 0.717) is 29.4 Å². The smallest absolute Gasteiger partial charge is 0.275 e. The summed E-state index contributed by atoms with van der Waals surface area (Å²) in [5.41, 5.74) is 0.444. The van der Waals surface area contributed by atoms with Gasteiger partial charge in [-0.25, -0.2) is 9.36 Å². The zero-order chi connectivity index (χ0) is 18.0.